The Morgan fingerprint density at radius 2 is 2.08 bits per heavy atom. The van der Waals surface area contributed by atoms with Crippen molar-refractivity contribution in [3.8, 4) is 0 Å². The van der Waals surface area contributed by atoms with Gasteiger partial charge >= 0.3 is 5.97 Å². The Kier molecular flexibility index (Phi) is 6.24. The molecule has 76 valence electrons. The molecule has 0 aromatic carbocycles. The van der Waals surface area contributed by atoms with E-state index >= 15 is 0 Å². The van der Waals surface area contributed by atoms with Crippen LogP contribution in [0.2, 0.25) is 0 Å². The van der Waals surface area contributed by atoms with Gasteiger partial charge in [-0.05, 0) is 12.8 Å². The minimum absolute atomic E-state index is 0.109. The zero-order chi connectivity index (χ0) is 10.3. The molecule has 0 unspecified atom stereocenters. The summed E-state index contributed by atoms with van der Waals surface area (Å²) in [5.41, 5.74) is 0. The van der Waals surface area contributed by atoms with Crippen LogP contribution in [-0.4, -0.2) is 35.1 Å². The fourth-order valence-corrected chi connectivity index (χ4v) is 1.49. The molecule has 0 aliphatic carbocycles. The van der Waals surface area contributed by atoms with Gasteiger partial charge in [0.2, 0.25) is 0 Å². The SMILES string of the molecule is C=CCN(CC(=O)O)C(CC)CC. The second-order valence-electron chi connectivity index (χ2n) is 3.08. The molecule has 0 saturated carbocycles. The summed E-state index contributed by atoms with van der Waals surface area (Å²) in [5, 5.41) is 8.67. The van der Waals surface area contributed by atoms with Crippen LogP contribution < -0.4 is 0 Å². The maximum Gasteiger partial charge on any atom is 0.317 e. The molecule has 0 aromatic rings. The Bertz CT molecular complexity index is 164. The maximum absolute atomic E-state index is 10.5. The first kappa shape index (κ1) is 12.2. The molecule has 0 spiro atoms. The van der Waals surface area contributed by atoms with Gasteiger partial charge in [-0.25, -0.2) is 0 Å². The summed E-state index contributed by atoms with van der Waals surface area (Å²) in [6, 6.07) is 0.356. The van der Waals surface area contributed by atoms with E-state index in [-0.39, 0.29) is 6.54 Å². The lowest BCUT2D eigenvalue weighted by Crippen LogP contribution is -2.38. The highest BCUT2D eigenvalue weighted by atomic mass is 16.4. The van der Waals surface area contributed by atoms with Crippen molar-refractivity contribution in [2.24, 2.45) is 0 Å². The highest BCUT2D eigenvalue weighted by Crippen LogP contribution is 2.07. The van der Waals surface area contributed by atoms with E-state index in [2.05, 4.69) is 20.4 Å². The predicted octanol–water partition coefficient (Wildman–Crippen LogP) is 1.75. The van der Waals surface area contributed by atoms with Gasteiger partial charge in [0.1, 0.15) is 0 Å². The average Bonchev–Trinajstić information content (AvgIpc) is 2.05. The summed E-state index contributed by atoms with van der Waals surface area (Å²) < 4.78 is 0. The van der Waals surface area contributed by atoms with Crippen LogP contribution in [0.5, 0.6) is 0 Å². The lowest BCUT2D eigenvalue weighted by molar-refractivity contribution is -0.138. The number of hydrogen-bond donors (Lipinski definition) is 1. The largest absolute Gasteiger partial charge is 0.480 e. The average molecular weight is 185 g/mol. The van der Waals surface area contributed by atoms with E-state index < -0.39 is 5.97 Å². The second kappa shape index (κ2) is 6.66. The summed E-state index contributed by atoms with van der Waals surface area (Å²) in [6.07, 6.45) is 3.72. The van der Waals surface area contributed by atoms with Crippen molar-refractivity contribution in [3.63, 3.8) is 0 Å². The molecule has 0 atom stereocenters. The number of carboxylic acids is 1. The van der Waals surface area contributed by atoms with Crippen molar-refractivity contribution in [2.45, 2.75) is 32.7 Å². The first-order valence-corrected chi connectivity index (χ1v) is 4.72. The van der Waals surface area contributed by atoms with E-state index in [1.165, 1.54) is 0 Å². The van der Waals surface area contributed by atoms with E-state index in [1.807, 2.05) is 4.90 Å². The van der Waals surface area contributed by atoms with Gasteiger partial charge in [-0.1, -0.05) is 19.9 Å². The number of hydrogen-bond acceptors (Lipinski definition) is 2. The molecule has 0 bridgehead atoms. The third-order valence-electron chi connectivity index (χ3n) is 2.16. The van der Waals surface area contributed by atoms with Gasteiger partial charge in [0.05, 0.1) is 6.54 Å². The van der Waals surface area contributed by atoms with Crippen molar-refractivity contribution in [1.82, 2.24) is 4.90 Å². The lowest BCUT2D eigenvalue weighted by Gasteiger charge is -2.27. The third kappa shape index (κ3) is 4.68. The second-order valence-corrected chi connectivity index (χ2v) is 3.08. The minimum atomic E-state index is -0.770. The Morgan fingerprint density at radius 1 is 1.54 bits per heavy atom. The Balaban J connectivity index is 4.18. The molecule has 0 aliphatic rings. The summed E-state index contributed by atoms with van der Waals surface area (Å²) in [4.78, 5) is 12.5. The Hall–Kier alpha value is -0.830. The van der Waals surface area contributed by atoms with Gasteiger partial charge in [-0.2, -0.15) is 0 Å². The molecule has 0 aromatic heterocycles. The zero-order valence-corrected chi connectivity index (χ0v) is 8.49. The molecule has 3 heteroatoms. The predicted molar refractivity (Wildman–Crippen MR) is 53.8 cm³/mol. The third-order valence-corrected chi connectivity index (χ3v) is 2.16. The molecule has 0 saturated heterocycles. The number of carboxylic acid groups (broad SMARTS) is 1. The number of nitrogens with zero attached hydrogens (tertiary/aromatic N) is 1. The normalized spacial score (nSPS) is 10.8. The van der Waals surface area contributed by atoms with E-state index in [0.717, 1.165) is 12.8 Å². The molecular formula is C10H19NO2. The van der Waals surface area contributed by atoms with Crippen LogP contribution >= 0.6 is 0 Å². The molecular weight excluding hydrogens is 166 g/mol. The van der Waals surface area contributed by atoms with Gasteiger partial charge in [-0.15, -0.1) is 6.58 Å². The van der Waals surface area contributed by atoms with Crippen LogP contribution in [0.1, 0.15) is 26.7 Å². The van der Waals surface area contributed by atoms with Crippen LogP contribution in [-0.2, 0) is 4.79 Å². The summed E-state index contributed by atoms with van der Waals surface area (Å²) >= 11 is 0. The van der Waals surface area contributed by atoms with Crippen LogP contribution in [0.4, 0.5) is 0 Å². The molecule has 0 heterocycles. The van der Waals surface area contributed by atoms with Crippen molar-refractivity contribution in [2.75, 3.05) is 13.1 Å². The molecule has 0 amide bonds. The lowest BCUT2D eigenvalue weighted by atomic mass is 10.1. The van der Waals surface area contributed by atoms with E-state index in [9.17, 15) is 4.79 Å². The number of rotatable bonds is 7. The van der Waals surface area contributed by atoms with E-state index in [1.54, 1.807) is 6.08 Å². The molecule has 3 nitrogen and oxygen atoms in total. The summed E-state index contributed by atoms with van der Waals surface area (Å²) in [6.45, 7) is 8.54. The summed E-state index contributed by atoms with van der Waals surface area (Å²) in [7, 11) is 0. The van der Waals surface area contributed by atoms with Crippen molar-refractivity contribution in [3.05, 3.63) is 12.7 Å². The monoisotopic (exact) mass is 185 g/mol. The van der Waals surface area contributed by atoms with E-state index in [4.69, 9.17) is 5.11 Å². The maximum atomic E-state index is 10.5. The molecule has 0 rings (SSSR count). The Labute approximate surface area is 80.0 Å². The van der Waals surface area contributed by atoms with Crippen LogP contribution in [0.3, 0.4) is 0 Å². The fourth-order valence-electron chi connectivity index (χ4n) is 1.49. The van der Waals surface area contributed by atoms with Gasteiger partial charge < -0.3 is 5.11 Å². The molecule has 0 aliphatic heterocycles. The highest BCUT2D eigenvalue weighted by Gasteiger charge is 2.15. The van der Waals surface area contributed by atoms with Crippen LogP contribution in [0, 0.1) is 0 Å². The molecule has 0 fully saturated rings. The quantitative estimate of drug-likeness (QED) is 0.614. The fraction of sp³-hybridized carbons (Fsp3) is 0.700. The number of carbonyl (C=O) groups is 1. The number of aliphatic carboxylic acids is 1. The smallest absolute Gasteiger partial charge is 0.317 e. The van der Waals surface area contributed by atoms with Gasteiger partial charge in [0.15, 0.2) is 0 Å². The van der Waals surface area contributed by atoms with Crippen molar-refractivity contribution < 1.29 is 9.90 Å². The highest BCUT2D eigenvalue weighted by molar-refractivity contribution is 5.69. The summed E-state index contributed by atoms with van der Waals surface area (Å²) in [5.74, 6) is -0.770. The standard InChI is InChI=1S/C10H19NO2/c1-4-7-11(8-10(12)13)9(5-2)6-3/h4,9H,1,5-8H2,2-3H3,(H,12,13). The Morgan fingerprint density at radius 3 is 2.38 bits per heavy atom. The minimum Gasteiger partial charge on any atom is -0.480 e. The van der Waals surface area contributed by atoms with Gasteiger partial charge in [0.25, 0.3) is 0 Å². The molecule has 0 radical (unpaired) electrons. The van der Waals surface area contributed by atoms with Crippen molar-refractivity contribution in [1.29, 1.82) is 0 Å². The first-order valence-electron chi connectivity index (χ1n) is 4.72. The molecule has 1 N–H and O–H groups in total. The molecule has 13 heavy (non-hydrogen) atoms. The van der Waals surface area contributed by atoms with Gasteiger partial charge in [0, 0.05) is 12.6 Å². The van der Waals surface area contributed by atoms with Crippen molar-refractivity contribution >= 4 is 5.97 Å². The van der Waals surface area contributed by atoms with E-state index in [0.29, 0.717) is 12.6 Å². The van der Waals surface area contributed by atoms with Crippen LogP contribution in [0.15, 0.2) is 12.7 Å². The van der Waals surface area contributed by atoms with Gasteiger partial charge in [-0.3, -0.25) is 9.69 Å². The topological polar surface area (TPSA) is 40.5 Å². The first-order chi connectivity index (χ1) is 6.15. The van der Waals surface area contributed by atoms with Crippen LogP contribution in [0.25, 0.3) is 0 Å². The zero-order valence-electron chi connectivity index (χ0n) is 8.49.